The standard InChI is InChI=1S/C21H32O/c1-5-7-8-12-19-16(4)14-20(21(22)18(19)6-2)17-11-9-10-15(3)13-17/h13-14,17,22H,5-12H2,1-4H3/t17-/m0/s1. The zero-order valence-electron chi connectivity index (χ0n) is 14.8. The van der Waals surface area contributed by atoms with Gasteiger partial charge in [-0.3, -0.25) is 0 Å². The number of allylic oxidation sites excluding steroid dienone is 2. The molecule has 0 aromatic heterocycles. The van der Waals surface area contributed by atoms with Gasteiger partial charge in [0.1, 0.15) is 5.75 Å². The fourth-order valence-electron chi connectivity index (χ4n) is 3.86. The van der Waals surface area contributed by atoms with Crippen molar-refractivity contribution in [1.29, 1.82) is 0 Å². The van der Waals surface area contributed by atoms with Gasteiger partial charge in [-0.15, -0.1) is 0 Å². The third-order valence-corrected chi connectivity index (χ3v) is 5.13. The molecule has 0 fully saturated rings. The van der Waals surface area contributed by atoms with Gasteiger partial charge >= 0.3 is 0 Å². The zero-order valence-corrected chi connectivity index (χ0v) is 14.8. The van der Waals surface area contributed by atoms with Gasteiger partial charge in [-0.25, -0.2) is 0 Å². The third-order valence-electron chi connectivity index (χ3n) is 5.13. The van der Waals surface area contributed by atoms with Gasteiger partial charge in [0, 0.05) is 11.5 Å². The Hall–Kier alpha value is -1.24. The number of hydrogen-bond acceptors (Lipinski definition) is 1. The molecule has 1 nitrogen and oxygen atoms in total. The van der Waals surface area contributed by atoms with Gasteiger partial charge in [-0.2, -0.15) is 0 Å². The molecule has 1 aromatic carbocycles. The molecule has 0 radical (unpaired) electrons. The van der Waals surface area contributed by atoms with E-state index in [-0.39, 0.29) is 0 Å². The van der Waals surface area contributed by atoms with E-state index in [1.165, 1.54) is 60.8 Å². The van der Waals surface area contributed by atoms with Gasteiger partial charge in [0.25, 0.3) is 0 Å². The molecular formula is C21H32O. The van der Waals surface area contributed by atoms with Gasteiger partial charge in [-0.05, 0) is 69.1 Å². The van der Waals surface area contributed by atoms with E-state index >= 15 is 0 Å². The first kappa shape index (κ1) is 17.1. The highest BCUT2D eigenvalue weighted by molar-refractivity contribution is 5.52. The maximum absolute atomic E-state index is 10.9. The molecule has 2 rings (SSSR count). The van der Waals surface area contributed by atoms with Gasteiger partial charge in [0.2, 0.25) is 0 Å². The normalized spacial score (nSPS) is 18.4. The average molecular weight is 300 g/mol. The van der Waals surface area contributed by atoms with Crippen LogP contribution >= 0.6 is 0 Å². The first-order valence-electron chi connectivity index (χ1n) is 9.09. The number of unbranched alkanes of at least 4 members (excludes halogenated alkanes) is 2. The Balaban J connectivity index is 2.37. The monoisotopic (exact) mass is 300 g/mol. The molecule has 1 heteroatoms. The van der Waals surface area contributed by atoms with E-state index in [0.29, 0.717) is 11.7 Å². The molecule has 0 amide bonds. The molecule has 0 heterocycles. The lowest BCUT2D eigenvalue weighted by Gasteiger charge is -2.24. The summed E-state index contributed by atoms with van der Waals surface area (Å²) < 4.78 is 0. The summed E-state index contributed by atoms with van der Waals surface area (Å²) in [5.74, 6) is 0.984. The third kappa shape index (κ3) is 3.74. The van der Waals surface area contributed by atoms with Crippen molar-refractivity contribution in [3.8, 4) is 5.75 Å². The molecule has 1 aliphatic rings. The molecule has 1 atom stereocenters. The lowest BCUT2D eigenvalue weighted by Crippen LogP contribution is -2.07. The maximum Gasteiger partial charge on any atom is 0.122 e. The van der Waals surface area contributed by atoms with Crippen LogP contribution in [0, 0.1) is 6.92 Å². The molecule has 1 aromatic rings. The van der Waals surface area contributed by atoms with Crippen LogP contribution in [0.1, 0.15) is 87.5 Å². The van der Waals surface area contributed by atoms with Crippen LogP contribution in [0.15, 0.2) is 17.7 Å². The largest absolute Gasteiger partial charge is 0.507 e. The van der Waals surface area contributed by atoms with Crippen molar-refractivity contribution in [3.63, 3.8) is 0 Å². The highest BCUT2D eigenvalue weighted by Crippen LogP contribution is 2.40. The summed E-state index contributed by atoms with van der Waals surface area (Å²) in [5.41, 5.74) is 6.60. The Kier molecular flexibility index (Phi) is 6.11. The number of phenols is 1. The second-order valence-corrected chi connectivity index (χ2v) is 6.91. The van der Waals surface area contributed by atoms with Crippen molar-refractivity contribution in [1.82, 2.24) is 0 Å². The van der Waals surface area contributed by atoms with Crippen LogP contribution in [0.25, 0.3) is 0 Å². The lowest BCUT2D eigenvalue weighted by molar-refractivity contribution is 0.453. The molecular weight excluding hydrogens is 268 g/mol. The van der Waals surface area contributed by atoms with E-state index < -0.39 is 0 Å². The van der Waals surface area contributed by atoms with Crippen molar-refractivity contribution < 1.29 is 5.11 Å². The number of benzene rings is 1. The summed E-state index contributed by atoms with van der Waals surface area (Å²) in [7, 11) is 0. The highest BCUT2D eigenvalue weighted by Gasteiger charge is 2.21. The molecule has 0 unspecified atom stereocenters. The first-order chi connectivity index (χ1) is 10.6. The quantitative estimate of drug-likeness (QED) is 0.489. The molecule has 122 valence electrons. The SMILES string of the molecule is CCCCCc1c(C)cc([C@@H]2C=C(C)CCC2)c(O)c1CC. The maximum atomic E-state index is 10.9. The van der Waals surface area contributed by atoms with Crippen LogP contribution in [0.2, 0.25) is 0 Å². The summed E-state index contributed by atoms with van der Waals surface area (Å²) in [4.78, 5) is 0. The number of phenolic OH excluding ortho intramolecular Hbond substituents is 1. The Morgan fingerprint density at radius 3 is 2.55 bits per heavy atom. The minimum absolute atomic E-state index is 0.405. The second-order valence-electron chi connectivity index (χ2n) is 6.91. The fraction of sp³-hybridized carbons (Fsp3) is 0.619. The average Bonchev–Trinajstić information content (AvgIpc) is 2.50. The summed E-state index contributed by atoms with van der Waals surface area (Å²) in [6, 6.07) is 2.26. The molecule has 0 saturated heterocycles. The molecule has 0 saturated carbocycles. The summed E-state index contributed by atoms with van der Waals surface area (Å²) in [6.07, 6.45) is 11.8. The van der Waals surface area contributed by atoms with E-state index in [1.54, 1.807) is 0 Å². The lowest BCUT2D eigenvalue weighted by atomic mass is 9.82. The topological polar surface area (TPSA) is 20.2 Å². The molecule has 22 heavy (non-hydrogen) atoms. The predicted octanol–water partition coefficient (Wildman–Crippen LogP) is 6.21. The highest BCUT2D eigenvalue weighted by atomic mass is 16.3. The van der Waals surface area contributed by atoms with E-state index in [9.17, 15) is 5.11 Å². The number of aryl methyl sites for hydroxylation is 1. The van der Waals surface area contributed by atoms with Crippen LogP contribution in [-0.4, -0.2) is 5.11 Å². The van der Waals surface area contributed by atoms with E-state index in [4.69, 9.17) is 0 Å². The van der Waals surface area contributed by atoms with Crippen LogP contribution < -0.4 is 0 Å². The first-order valence-corrected chi connectivity index (χ1v) is 9.09. The van der Waals surface area contributed by atoms with Crippen LogP contribution in [0.3, 0.4) is 0 Å². The smallest absolute Gasteiger partial charge is 0.122 e. The molecule has 0 aliphatic heterocycles. The summed E-state index contributed by atoms with van der Waals surface area (Å²) >= 11 is 0. The van der Waals surface area contributed by atoms with Crippen molar-refractivity contribution in [2.24, 2.45) is 0 Å². The van der Waals surface area contributed by atoms with Gasteiger partial charge in [0.05, 0.1) is 0 Å². The van der Waals surface area contributed by atoms with Crippen molar-refractivity contribution in [2.45, 2.75) is 85.0 Å². The van der Waals surface area contributed by atoms with Gasteiger partial charge in [-0.1, -0.05) is 44.4 Å². The summed E-state index contributed by atoms with van der Waals surface area (Å²) in [5, 5.41) is 10.9. The van der Waals surface area contributed by atoms with Gasteiger partial charge in [0.15, 0.2) is 0 Å². The van der Waals surface area contributed by atoms with E-state index in [0.717, 1.165) is 18.4 Å². The Bertz CT molecular complexity index is 539. The minimum atomic E-state index is 0.405. The number of rotatable bonds is 6. The second kappa shape index (κ2) is 7.85. The zero-order chi connectivity index (χ0) is 16.1. The predicted molar refractivity (Wildman–Crippen MR) is 95.8 cm³/mol. The Morgan fingerprint density at radius 1 is 1.14 bits per heavy atom. The Labute approximate surface area is 136 Å². The van der Waals surface area contributed by atoms with E-state index in [1.807, 2.05) is 0 Å². The number of aromatic hydroxyl groups is 1. The number of hydrogen-bond donors (Lipinski definition) is 1. The molecule has 0 bridgehead atoms. The molecule has 1 aliphatic carbocycles. The van der Waals surface area contributed by atoms with Crippen LogP contribution in [0.4, 0.5) is 0 Å². The van der Waals surface area contributed by atoms with Crippen molar-refractivity contribution >= 4 is 0 Å². The van der Waals surface area contributed by atoms with Gasteiger partial charge < -0.3 is 5.11 Å². The fourth-order valence-corrected chi connectivity index (χ4v) is 3.86. The molecule has 1 N–H and O–H groups in total. The van der Waals surface area contributed by atoms with Crippen LogP contribution in [0.5, 0.6) is 5.75 Å². The van der Waals surface area contributed by atoms with Crippen molar-refractivity contribution in [2.75, 3.05) is 0 Å². The molecule has 0 spiro atoms. The van der Waals surface area contributed by atoms with Crippen molar-refractivity contribution in [3.05, 3.63) is 40.0 Å². The minimum Gasteiger partial charge on any atom is -0.507 e. The van der Waals surface area contributed by atoms with E-state index in [2.05, 4.69) is 39.8 Å². The Morgan fingerprint density at radius 2 is 1.91 bits per heavy atom. The van der Waals surface area contributed by atoms with Crippen LogP contribution in [-0.2, 0) is 12.8 Å². The summed E-state index contributed by atoms with van der Waals surface area (Å²) in [6.45, 7) is 8.86.